The molecule has 0 radical (unpaired) electrons. The Morgan fingerprint density at radius 2 is 1.47 bits per heavy atom. The van der Waals surface area contributed by atoms with Crippen LogP contribution in [-0.4, -0.2) is 68.3 Å². The number of hydrogen-bond donors (Lipinski definition) is 3. The van der Waals surface area contributed by atoms with E-state index in [1.165, 1.54) is 17.3 Å². The standard InChI is InChI=1S/C34H39N4O7PS.C7H8.C3H8O.C2H6/c1-5-43-34(41)31(17-25-9-7-6-8-10-25)38-46(42,37-24(4)21-39)30-13-11-27(12-14-30)45-29-19-26(18-28(20-29)44-23(2)3)33(40)36-32-22-47-16-15-35-32;1-7-5-3-2-4-6-7;1-3-4-2;1-2/h6-16,18-21,23-24,31H,5,17,22H2,1-4H3,(H,35,36,40)(H2,37,38,42);2-6H,1H3;3H2,1-2H3;1-2H3/t24?,31-,46?;;;/m0.../s1. The van der Waals surface area contributed by atoms with E-state index < -0.39 is 25.5 Å². The van der Waals surface area contributed by atoms with Gasteiger partial charge < -0.3 is 29.1 Å². The molecule has 0 spiro atoms. The van der Waals surface area contributed by atoms with Gasteiger partial charge in [-0.1, -0.05) is 80.1 Å². The molecule has 4 aromatic rings. The number of carbonyl (C=O) groups is 3. The van der Waals surface area contributed by atoms with Crippen LogP contribution in [0.25, 0.3) is 0 Å². The molecular formula is C46H61N4O8PS. The molecule has 5 rings (SSSR count). The number of carbonyl (C=O) groups excluding carboxylic acids is 3. The van der Waals surface area contributed by atoms with Gasteiger partial charge in [-0.15, -0.1) is 11.8 Å². The normalized spacial score (nSPS) is 13.5. The fraction of sp³-hybridized carbons (Fsp3) is 0.348. The second-order valence-corrected chi connectivity index (χ2v) is 16.2. The fourth-order valence-electron chi connectivity index (χ4n) is 5.09. The van der Waals surface area contributed by atoms with Crippen LogP contribution in [-0.2, 0) is 30.0 Å². The van der Waals surface area contributed by atoms with Crippen molar-refractivity contribution in [2.75, 3.05) is 26.1 Å². The Bertz CT molecular complexity index is 1980. The molecule has 0 saturated heterocycles. The highest BCUT2D eigenvalue weighted by molar-refractivity contribution is 8.02. The molecule has 0 bridgehead atoms. The second kappa shape index (κ2) is 28.4. The molecule has 0 saturated carbocycles. The summed E-state index contributed by atoms with van der Waals surface area (Å²) in [4.78, 5) is 41.9. The molecule has 4 aromatic carbocycles. The summed E-state index contributed by atoms with van der Waals surface area (Å²) in [7, 11) is -2.08. The summed E-state index contributed by atoms with van der Waals surface area (Å²) in [6.45, 7) is 16.0. The number of esters is 1. The monoisotopic (exact) mass is 860 g/mol. The van der Waals surface area contributed by atoms with E-state index >= 15 is 0 Å². The zero-order valence-electron chi connectivity index (χ0n) is 36.2. The van der Waals surface area contributed by atoms with Crippen molar-refractivity contribution in [2.24, 2.45) is 4.99 Å². The summed E-state index contributed by atoms with van der Waals surface area (Å²) in [6, 6.07) is 29.1. The minimum Gasteiger partial charge on any atom is -0.491 e. The van der Waals surface area contributed by atoms with E-state index in [-0.39, 0.29) is 25.0 Å². The molecule has 1 aliphatic rings. The van der Waals surface area contributed by atoms with Crippen LogP contribution in [0.2, 0.25) is 0 Å². The predicted molar refractivity (Wildman–Crippen MR) is 245 cm³/mol. The van der Waals surface area contributed by atoms with Gasteiger partial charge in [0.05, 0.1) is 24.5 Å². The number of nitrogens with one attached hydrogen (secondary N) is 3. The molecule has 3 atom stereocenters. The number of thioether (sulfide) groups is 1. The first kappa shape index (κ1) is 51.1. The number of ether oxygens (including phenoxy) is 4. The van der Waals surface area contributed by atoms with Gasteiger partial charge in [0.1, 0.15) is 35.4 Å². The first-order valence-electron chi connectivity index (χ1n) is 20.0. The molecule has 0 aliphatic carbocycles. The van der Waals surface area contributed by atoms with Gasteiger partial charge in [0.2, 0.25) is 7.44 Å². The molecule has 12 nitrogen and oxygen atoms in total. The van der Waals surface area contributed by atoms with E-state index in [9.17, 15) is 18.9 Å². The summed E-state index contributed by atoms with van der Waals surface area (Å²) in [5.41, 5.74) is 2.49. The number of benzene rings is 4. The van der Waals surface area contributed by atoms with Crippen molar-refractivity contribution in [1.82, 2.24) is 15.5 Å². The van der Waals surface area contributed by atoms with E-state index in [4.69, 9.17) is 14.2 Å². The SMILES string of the molecule is CC.CCOC.CCOC(=O)[C@H](Cc1ccccc1)NP(=O)(NC(C)C=O)c1ccc(Oc2cc(OC(C)C)cc(C(=O)NC3=NC=CSC3)c2)cc1.Cc1ccccc1. The van der Waals surface area contributed by atoms with Crippen molar-refractivity contribution in [3.63, 3.8) is 0 Å². The van der Waals surface area contributed by atoms with E-state index in [1.54, 1.807) is 69.6 Å². The van der Waals surface area contributed by atoms with Crippen LogP contribution in [0.1, 0.15) is 70.0 Å². The Kier molecular flexibility index (Phi) is 24.2. The summed E-state index contributed by atoms with van der Waals surface area (Å²) in [6.07, 6.45) is 2.34. The van der Waals surface area contributed by atoms with E-state index in [0.29, 0.717) is 46.0 Å². The molecule has 0 aromatic heterocycles. The highest BCUT2D eigenvalue weighted by atomic mass is 32.2. The quantitative estimate of drug-likeness (QED) is 0.0562. The number of aliphatic imine (C=N–C) groups is 1. The van der Waals surface area contributed by atoms with Crippen LogP contribution in [0.4, 0.5) is 0 Å². The van der Waals surface area contributed by atoms with Crippen molar-refractivity contribution in [1.29, 1.82) is 0 Å². The third-order valence-electron chi connectivity index (χ3n) is 7.83. The number of aldehydes is 1. The molecule has 60 heavy (non-hydrogen) atoms. The number of methoxy groups -OCH3 is 1. The van der Waals surface area contributed by atoms with Crippen LogP contribution in [0.5, 0.6) is 17.2 Å². The molecule has 2 unspecified atom stereocenters. The topological polar surface area (TPSA) is 154 Å². The van der Waals surface area contributed by atoms with E-state index in [0.717, 1.165) is 12.2 Å². The molecule has 3 N–H and O–H groups in total. The zero-order chi connectivity index (χ0) is 44.3. The van der Waals surface area contributed by atoms with Crippen LogP contribution in [0.3, 0.4) is 0 Å². The molecule has 324 valence electrons. The smallest absolute Gasteiger partial charge is 0.323 e. The summed E-state index contributed by atoms with van der Waals surface area (Å²) >= 11 is 1.53. The fourth-order valence-corrected chi connectivity index (χ4v) is 7.85. The Morgan fingerprint density at radius 1 is 0.850 bits per heavy atom. The lowest BCUT2D eigenvalue weighted by molar-refractivity contribution is -0.145. The van der Waals surface area contributed by atoms with Crippen LogP contribution in [0.15, 0.2) is 120 Å². The van der Waals surface area contributed by atoms with Crippen molar-refractivity contribution in [3.8, 4) is 17.2 Å². The maximum Gasteiger partial charge on any atom is 0.323 e. The number of rotatable bonds is 16. The van der Waals surface area contributed by atoms with Gasteiger partial charge in [-0.25, -0.2) is 15.2 Å². The lowest BCUT2D eigenvalue weighted by Gasteiger charge is -2.27. The van der Waals surface area contributed by atoms with Gasteiger partial charge >= 0.3 is 5.97 Å². The average molecular weight is 861 g/mol. The highest BCUT2D eigenvalue weighted by Gasteiger charge is 2.33. The first-order chi connectivity index (χ1) is 28.9. The zero-order valence-corrected chi connectivity index (χ0v) is 37.9. The van der Waals surface area contributed by atoms with Crippen molar-refractivity contribution >= 4 is 48.5 Å². The molecule has 0 fully saturated rings. The third-order valence-corrected chi connectivity index (χ3v) is 11.1. The molecule has 14 heteroatoms. The van der Waals surface area contributed by atoms with Gasteiger partial charge in [0.15, 0.2) is 0 Å². The molecule has 1 heterocycles. The summed E-state index contributed by atoms with van der Waals surface area (Å²) in [5, 5.41) is 10.8. The maximum absolute atomic E-state index is 14.5. The molecule has 1 amide bonds. The highest BCUT2D eigenvalue weighted by Crippen LogP contribution is 2.38. The Morgan fingerprint density at radius 3 is 1.98 bits per heavy atom. The lowest BCUT2D eigenvalue weighted by atomic mass is 10.1. The number of nitrogens with zero attached hydrogens (tertiary/aromatic N) is 1. The van der Waals surface area contributed by atoms with Gasteiger partial charge in [-0.2, -0.15) is 0 Å². The summed E-state index contributed by atoms with van der Waals surface area (Å²) in [5.74, 6) is 1.35. The summed E-state index contributed by atoms with van der Waals surface area (Å²) < 4.78 is 36.3. The van der Waals surface area contributed by atoms with Gasteiger partial charge in [-0.3, -0.25) is 14.2 Å². The third kappa shape index (κ3) is 18.9. The van der Waals surface area contributed by atoms with Gasteiger partial charge in [0.25, 0.3) is 5.91 Å². The lowest BCUT2D eigenvalue weighted by Crippen LogP contribution is -2.45. The van der Waals surface area contributed by atoms with E-state index in [2.05, 4.69) is 44.3 Å². The van der Waals surface area contributed by atoms with E-state index in [1.807, 2.05) is 88.6 Å². The minimum absolute atomic E-state index is 0.145. The number of aryl methyl sites for hydroxylation is 1. The number of amides is 1. The predicted octanol–water partition coefficient (Wildman–Crippen LogP) is 9.05. The largest absolute Gasteiger partial charge is 0.491 e. The van der Waals surface area contributed by atoms with Crippen LogP contribution < -0.4 is 30.3 Å². The van der Waals surface area contributed by atoms with Gasteiger partial charge in [-0.05, 0) is 95.3 Å². The Labute approximate surface area is 360 Å². The molecule has 1 aliphatic heterocycles. The number of amidine groups is 1. The van der Waals surface area contributed by atoms with Crippen LogP contribution >= 0.6 is 19.2 Å². The minimum atomic E-state index is -3.76. The van der Waals surface area contributed by atoms with Crippen molar-refractivity contribution in [3.05, 3.63) is 131 Å². The number of hydrogen-bond acceptors (Lipinski definition) is 10. The van der Waals surface area contributed by atoms with Crippen molar-refractivity contribution in [2.45, 2.75) is 80.0 Å². The molecular weight excluding hydrogens is 800 g/mol. The maximum atomic E-state index is 14.5. The second-order valence-electron chi connectivity index (χ2n) is 13.1. The van der Waals surface area contributed by atoms with Crippen LogP contribution in [0, 0.1) is 6.92 Å². The Balaban J connectivity index is 0.000000823. The average Bonchev–Trinajstić information content (AvgIpc) is 3.25. The Hall–Kier alpha value is -5.04. The first-order valence-corrected chi connectivity index (χ1v) is 22.7. The van der Waals surface area contributed by atoms with Crippen molar-refractivity contribution < 1.29 is 37.9 Å². The van der Waals surface area contributed by atoms with Gasteiger partial charge in [0, 0.05) is 36.9 Å².